The van der Waals surface area contributed by atoms with E-state index >= 15 is 0 Å². The van der Waals surface area contributed by atoms with E-state index in [1.807, 2.05) is 6.92 Å². The van der Waals surface area contributed by atoms with Gasteiger partial charge in [0.25, 0.3) is 0 Å². The topological polar surface area (TPSA) is 52.6 Å². The van der Waals surface area contributed by atoms with Crippen molar-refractivity contribution in [2.45, 2.75) is 51.6 Å². The molecule has 0 bridgehead atoms. The number of carbonyl (C=O) groups is 2. The maximum atomic E-state index is 11.8. The van der Waals surface area contributed by atoms with Crippen molar-refractivity contribution in [2.24, 2.45) is 0 Å². The van der Waals surface area contributed by atoms with Crippen molar-refractivity contribution in [3.8, 4) is 0 Å². The zero-order valence-electron chi connectivity index (χ0n) is 17.5. The molecular weight excluding hydrogens is 320 g/mol. The van der Waals surface area contributed by atoms with Crippen molar-refractivity contribution >= 4 is 11.9 Å². The van der Waals surface area contributed by atoms with Crippen molar-refractivity contribution in [1.82, 2.24) is 0 Å². The summed E-state index contributed by atoms with van der Waals surface area (Å²) in [4.78, 5) is 23.4. The third-order valence-electron chi connectivity index (χ3n) is 3.67. The number of unbranched alkanes of at least 4 members (excludes halogenated alkanes) is 3. The molecule has 0 spiro atoms. The number of rotatable bonds is 13. The number of likely N-dealkylation sites (N-methyl/N-ethyl adjacent to an activating group) is 2. The van der Waals surface area contributed by atoms with Crippen LogP contribution in [0.5, 0.6) is 0 Å². The predicted octanol–water partition coefficient (Wildman–Crippen LogP) is 2.21. The van der Waals surface area contributed by atoms with Gasteiger partial charge in [-0.3, -0.25) is 9.59 Å². The van der Waals surface area contributed by atoms with E-state index < -0.39 is 0 Å². The van der Waals surface area contributed by atoms with Gasteiger partial charge in [0.05, 0.1) is 42.3 Å². The van der Waals surface area contributed by atoms with Crippen LogP contribution in [-0.4, -0.2) is 89.0 Å². The maximum absolute atomic E-state index is 11.8. The normalized spacial score (nSPS) is 13.4. The van der Waals surface area contributed by atoms with E-state index in [0.717, 1.165) is 47.7 Å². The zero-order valence-corrected chi connectivity index (χ0v) is 17.5. The van der Waals surface area contributed by atoms with Crippen LogP contribution in [-0.2, 0) is 19.1 Å². The molecule has 25 heavy (non-hydrogen) atoms. The molecule has 0 heterocycles. The molecule has 0 rings (SSSR count). The Kier molecular flexibility index (Phi) is 10.9. The summed E-state index contributed by atoms with van der Waals surface area (Å²) in [5.41, 5.74) is 0. The summed E-state index contributed by atoms with van der Waals surface area (Å²) >= 11 is 0. The Balaban J connectivity index is 3.60. The highest BCUT2D eigenvalue weighted by atomic mass is 16.5. The van der Waals surface area contributed by atoms with Crippen LogP contribution in [0.3, 0.4) is 0 Å². The summed E-state index contributed by atoms with van der Waals surface area (Å²) < 4.78 is 12.2. The molecule has 0 saturated heterocycles. The summed E-state index contributed by atoms with van der Waals surface area (Å²) in [6.45, 7) is 4.04. The highest BCUT2D eigenvalue weighted by molar-refractivity contribution is 5.69. The van der Waals surface area contributed by atoms with Gasteiger partial charge in [-0.25, -0.2) is 0 Å². The van der Waals surface area contributed by atoms with Crippen LogP contribution in [0, 0.1) is 0 Å². The standard InChI is InChI=1S/C19H40N2O4/c1-17(16-21(5,6)7)25-19(23)13-11-9-8-10-12-18(22)24-15-14-20(2,3)4/h17H,8-16H2,1-7H3/q+2/t17-/m1/s1. The first kappa shape index (κ1) is 23.9. The van der Waals surface area contributed by atoms with Crippen LogP contribution in [0.4, 0.5) is 0 Å². The highest BCUT2D eigenvalue weighted by Gasteiger charge is 2.17. The van der Waals surface area contributed by atoms with E-state index in [9.17, 15) is 9.59 Å². The second-order valence-electron chi connectivity index (χ2n) is 8.92. The Hall–Kier alpha value is -1.14. The van der Waals surface area contributed by atoms with Gasteiger partial charge in [0, 0.05) is 12.8 Å². The minimum absolute atomic E-state index is 0.0611. The predicted molar refractivity (Wildman–Crippen MR) is 100 cm³/mol. The molecule has 148 valence electrons. The maximum Gasteiger partial charge on any atom is 0.306 e. The van der Waals surface area contributed by atoms with E-state index in [4.69, 9.17) is 9.47 Å². The van der Waals surface area contributed by atoms with E-state index in [-0.39, 0.29) is 18.0 Å². The Morgan fingerprint density at radius 2 is 1.32 bits per heavy atom. The molecule has 1 atom stereocenters. The van der Waals surface area contributed by atoms with E-state index in [1.54, 1.807) is 0 Å². The molecule has 0 fully saturated rings. The smallest absolute Gasteiger partial charge is 0.306 e. The van der Waals surface area contributed by atoms with Gasteiger partial charge in [-0.1, -0.05) is 12.8 Å². The van der Waals surface area contributed by atoms with Gasteiger partial charge in [0.15, 0.2) is 0 Å². The fourth-order valence-electron chi connectivity index (χ4n) is 2.49. The van der Waals surface area contributed by atoms with Gasteiger partial charge in [-0.2, -0.15) is 0 Å². The molecule has 0 unspecified atom stereocenters. The third kappa shape index (κ3) is 17.5. The molecule has 0 amide bonds. The molecule has 0 saturated carbocycles. The Morgan fingerprint density at radius 1 is 0.800 bits per heavy atom. The van der Waals surface area contributed by atoms with Crippen molar-refractivity contribution < 1.29 is 28.0 Å². The Morgan fingerprint density at radius 3 is 1.80 bits per heavy atom. The van der Waals surface area contributed by atoms with Crippen LogP contribution in [0.15, 0.2) is 0 Å². The van der Waals surface area contributed by atoms with Crippen molar-refractivity contribution in [3.05, 3.63) is 0 Å². The Labute approximate surface area is 154 Å². The summed E-state index contributed by atoms with van der Waals surface area (Å²) in [6.07, 6.45) is 4.35. The number of hydrogen-bond donors (Lipinski definition) is 0. The van der Waals surface area contributed by atoms with Crippen LogP contribution in [0.25, 0.3) is 0 Å². The number of nitrogens with zero attached hydrogens (tertiary/aromatic N) is 2. The minimum atomic E-state index is -0.124. The third-order valence-corrected chi connectivity index (χ3v) is 3.67. The molecular formula is C19H40N2O4+2. The summed E-state index contributed by atoms with van der Waals surface area (Å²) in [6, 6.07) is 0. The van der Waals surface area contributed by atoms with E-state index in [2.05, 4.69) is 42.3 Å². The lowest BCUT2D eigenvalue weighted by molar-refractivity contribution is -0.873. The Bertz CT molecular complexity index is 397. The molecule has 0 radical (unpaired) electrons. The van der Waals surface area contributed by atoms with Crippen LogP contribution >= 0.6 is 0 Å². The second-order valence-corrected chi connectivity index (χ2v) is 8.92. The second kappa shape index (κ2) is 11.5. The van der Waals surface area contributed by atoms with E-state index in [0.29, 0.717) is 19.4 Å². The van der Waals surface area contributed by atoms with Crippen LogP contribution in [0.2, 0.25) is 0 Å². The molecule has 0 N–H and O–H groups in total. The molecule has 0 aromatic rings. The lowest BCUT2D eigenvalue weighted by Gasteiger charge is -2.27. The van der Waals surface area contributed by atoms with Gasteiger partial charge in [-0.05, 0) is 19.8 Å². The monoisotopic (exact) mass is 360 g/mol. The van der Waals surface area contributed by atoms with Gasteiger partial charge in [0.2, 0.25) is 0 Å². The van der Waals surface area contributed by atoms with Crippen molar-refractivity contribution in [2.75, 3.05) is 62.0 Å². The number of quaternary nitrogens is 2. The van der Waals surface area contributed by atoms with Crippen molar-refractivity contribution in [1.29, 1.82) is 0 Å². The van der Waals surface area contributed by atoms with Gasteiger partial charge in [0.1, 0.15) is 25.8 Å². The summed E-state index contributed by atoms with van der Waals surface area (Å²) in [5, 5.41) is 0. The number of esters is 2. The van der Waals surface area contributed by atoms with Gasteiger partial charge in [-0.15, -0.1) is 0 Å². The summed E-state index contributed by atoms with van der Waals surface area (Å²) in [5.74, 6) is -0.248. The molecule has 6 nitrogen and oxygen atoms in total. The van der Waals surface area contributed by atoms with Crippen LogP contribution < -0.4 is 0 Å². The average Bonchev–Trinajstić information content (AvgIpc) is 2.38. The molecule has 0 aliphatic rings. The molecule has 0 aromatic carbocycles. The summed E-state index contributed by atoms with van der Waals surface area (Å²) in [7, 11) is 12.5. The minimum Gasteiger partial charge on any atom is -0.460 e. The first-order valence-corrected chi connectivity index (χ1v) is 9.35. The fraction of sp³-hybridized carbons (Fsp3) is 0.895. The van der Waals surface area contributed by atoms with Crippen LogP contribution in [0.1, 0.15) is 45.4 Å². The lowest BCUT2D eigenvalue weighted by Crippen LogP contribution is -2.41. The first-order valence-electron chi connectivity index (χ1n) is 9.35. The fourth-order valence-corrected chi connectivity index (χ4v) is 2.49. The molecule has 0 aliphatic heterocycles. The molecule has 0 aromatic heterocycles. The highest BCUT2D eigenvalue weighted by Crippen LogP contribution is 2.08. The first-order chi connectivity index (χ1) is 11.4. The number of ether oxygens (including phenoxy) is 2. The molecule has 6 heteroatoms. The zero-order chi connectivity index (χ0) is 19.5. The van der Waals surface area contributed by atoms with Crippen molar-refractivity contribution in [3.63, 3.8) is 0 Å². The quantitative estimate of drug-likeness (QED) is 0.287. The number of hydrogen-bond acceptors (Lipinski definition) is 4. The number of carbonyl (C=O) groups excluding carboxylic acids is 2. The largest absolute Gasteiger partial charge is 0.460 e. The van der Waals surface area contributed by atoms with Gasteiger partial charge < -0.3 is 18.4 Å². The SMILES string of the molecule is C[C@H](C[N+](C)(C)C)OC(=O)CCCCCCC(=O)OCC[N+](C)(C)C. The lowest BCUT2D eigenvalue weighted by atomic mass is 10.1. The van der Waals surface area contributed by atoms with E-state index in [1.165, 1.54) is 0 Å². The average molecular weight is 361 g/mol. The molecule has 0 aliphatic carbocycles. The van der Waals surface area contributed by atoms with Gasteiger partial charge >= 0.3 is 11.9 Å².